The summed E-state index contributed by atoms with van der Waals surface area (Å²) < 4.78 is 8.53. The third-order valence-electron chi connectivity index (χ3n) is 6.78. The molecular formula is C27H32N4O4. The van der Waals surface area contributed by atoms with Gasteiger partial charge in [-0.05, 0) is 43.2 Å². The van der Waals surface area contributed by atoms with Crippen LogP contribution in [0.2, 0.25) is 0 Å². The highest BCUT2D eigenvalue weighted by Gasteiger charge is 2.44. The molecule has 35 heavy (non-hydrogen) atoms. The van der Waals surface area contributed by atoms with Crippen molar-refractivity contribution in [2.45, 2.75) is 39.2 Å². The molecule has 1 aromatic heterocycles. The van der Waals surface area contributed by atoms with Crippen molar-refractivity contribution in [3.63, 3.8) is 0 Å². The molecule has 1 saturated heterocycles. The first kappa shape index (κ1) is 24.3. The number of amides is 2. The SMILES string of the molecule is CCCCN1C(=O)C[C@H](C(=O)Nc2c(C)n(C)n(-c3ccccc3)c2=O)[C@@H]1c1ccc(OC)cc1. The molecule has 0 bridgehead atoms. The number of carbonyl (C=O) groups excluding carboxylic acids is 2. The summed E-state index contributed by atoms with van der Waals surface area (Å²) in [6.45, 7) is 4.45. The van der Waals surface area contributed by atoms with E-state index in [0.717, 1.165) is 18.4 Å². The van der Waals surface area contributed by atoms with Crippen LogP contribution in [0.1, 0.15) is 43.5 Å². The van der Waals surface area contributed by atoms with Crippen LogP contribution in [0.25, 0.3) is 5.69 Å². The van der Waals surface area contributed by atoms with Gasteiger partial charge >= 0.3 is 0 Å². The molecule has 0 saturated carbocycles. The second kappa shape index (κ2) is 10.2. The Morgan fingerprint density at radius 3 is 2.40 bits per heavy atom. The van der Waals surface area contributed by atoms with Crippen molar-refractivity contribution in [1.82, 2.24) is 14.3 Å². The molecule has 0 spiro atoms. The molecule has 2 atom stereocenters. The van der Waals surface area contributed by atoms with Crippen LogP contribution in [0.15, 0.2) is 59.4 Å². The molecule has 2 amide bonds. The average molecular weight is 477 g/mol. The van der Waals surface area contributed by atoms with Crippen molar-refractivity contribution >= 4 is 17.5 Å². The van der Waals surface area contributed by atoms with Gasteiger partial charge in [0.15, 0.2) is 0 Å². The first-order valence-corrected chi connectivity index (χ1v) is 12.0. The normalized spacial score (nSPS) is 17.6. The van der Waals surface area contributed by atoms with E-state index in [1.807, 2.05) is 54.6 Å². The summed E-state index contributed by atoms with van der Waals surface area (Å²) in [5.74, 6) is -0.285. The Labute approximate surface area is 205 Å². The molecule has 0 aliphatic carbocycles. The molecule has 0 unspecified atom stereocenters. The Morgan fingerprint density at radius 2 is 1.77 bits per heavy atom. The van der Waals surface area contributed by atoms with E-state index in [1.54, 1.807) is 30.7 Å². The van der Waals surface area contributed by atoms with E-state index >= 15 is 0 Å². The fraction of sp³-hybridized carbons (Fsp3) is 0.370. The van der Waals surface area contributed by atoms with Crippen LogP contribution in [0.4, 0.5) is 5.69 Å². The predicted octanol–water partition coefficient (Wildman–Crippen LogP) is 3.82. The highest BCUT2D eigenvalue weighted by atomic mass is 16.5. The smallest absolute Gasteiger partial charge is 0.295 e. The molecule has 1 aliphatic rings. The zero-order chi connectivity index (χ0) is 25.1. The summed E-state index contributed by atoms with van der Waals surface area (Å²) in [6.07, 6.45) is 1.90. The lowest BCUT2D eigenvalue weighted by Crippen LogP contribution is -2.34. The number of rotatable bonds is 8. The van der Waals surface area contributed by atoms with E-state index in [0.29, 0.717) is 23.7 Å². The van der Waals surface area contributed by atoms with Gasteiger partial charge in [-0.15, -0.1) is 0 Å². The van der Waals surface area contributed by atoms with Gasteiger partial charge in [-0.2, -0.15) is 0 Å². The van der Waals surface area contributed by atoms with Crippen molar-refractivity contribution in [1.29, 1.82) is 0 Å². The van der Waals surface area contributed by atoms with Gasteiger partial charge in [-0.1, -0.05) is 43.7 Å². The van der Waals surface area contributed by atoms with E-state index in [1.165, 1.54) is 4.68 Å². The second-order valence-corrected chi connectivity index (χ2v) is 8.90. The number of benzene rings is 2. The molecule has 0 radical (unpaired) electrons. The lowest BCUT2D eigenvalue weighted by molar-refractivity contribution is -0.129. The number of para-hydroxylation sites is 1. The molecule has 8 nitrogen and oxygen atoms in total. The maximum atomic E-state index is 13.6. The summed E-state index contributed by atoms with van der Waals surface area (Å²) in [5, 5.41) is 2.87. The highest BCUT2D eigenvalue weighted by molar-refractivity contribution is 5.98. The monoisotopic (exact) mass is 476 g/mol. The molecule has 8 heteroatoms. The minimum absolute atomic E-state index is 0.0501. The van der Waals surface area contributed by atoms with Crippen molar-refractivity contribution in [3.05, 3.63) is 76.2 Å². The average Bonchev–Trinajstić information content (AvgIpc) is 3.31. The van der Waals surface area contributed by atoms with Gasteiger partial charge < -0.3 is 15.0 Å². The minimum Gasteiger partial charge on any atom is -0.497 e. The van der Waals surface area contributed by atoms with Crippen LogP contribution in [-0.2, 0) is 16.6 Å². The number of carbonyl (C=O) groups is 2. The van der Waals surface area contributed by atoms with E-state index in [4.69, 9.17) is 4.74 Å². The summed E-state index contributed by atoms with van der Waals surface area (Å²) in [4.78, 5) is 41.6. The number of likely N-dealkylation sites (tertiary alicyclic amines) is 1. The molecule has 3 aromatic rings. The molecule has 4 rings (SSSR count). The van der Waals surface area contributed by atoms with Crippen molar-refractivity contribution < 1.29 is 14.3 Å². The summed E-state index contributed by atoms with van der Waals surface area (Å²) >= 11 is 0. The Balaban J connectivity index is 1.67. The maximum Gasteiger partial charge on any atom is 0.295 e. The van der Waals surface area contributed by atoms with Crippen molar-refractivity contribution in [3.8, 4) is 11.4 Å². The van der Waals surface area contributed by atoms with Crippen LogP contribution in [-0.4, -0.2) is 39.7 Å². The summed E-state index contributed by atoms with van der Waals surface area (Å²) in [7, 11) is 3.38. The van der Waals surface area contributed by atoms with Crippen molar-refractivity contribution in [2.24, 2.45) is 13.0 Å². The van der Waals surface area contributed by atoms with Gasteiger partial charge in [0.25, 0.3) is 5.56 Å². The van der Waals surface area contributed by atoms with Crippen LogP contribution < -0.4 is 15.6 Å². The first-order valence-electron chi connectivity index (χ1n) is 12.0. The van der Waals surface area contributed by atoms with Crippen LogP contribution >= 0.6 is 0 Å². The van der Waals surface area contributed by atoms with Gasteiger partial charge in [0.2, 0.25) is 11.8 Å². The Kier molecular flexibility index (Phi) is 7.10. The lowest BCUT2D eigenvalue weighted by Gasteiger charge is -2.28. The number of hydrogen-bond acceptors (Lipinski definition) is 4. The van der Waals surface area contributed by atoms with Crippen molar-refractivity contribution in [2.75, 3.05) is 19.0 Å². The summed E-state index contributed by atoms with van der Waals surface area (Å²) in [5.41, 5.74) is 2.15. The standard InChI is InChI=1S/C27H32N4O4/c1-5-6-16-30-23(32)17-22(25(30)19-12-14-21(35-4)15-13-19)26(33)28-24-18(2)29(3)31(27(24)34)20-10-8-7-9-11-20/h7-15,22,25H,5-6,16-17H2,1-4H3,(H,28,33)/t22-,25-/m0/s1. The maximum absolute atomic E-state index is 13.6. The quantitative estimate of drug-likeness (QED) is 0.536. The third kappa shape index (κ3) is 4.60. The van der Waals surface area contributed by atoms with E-state index in [-0.39, 0.29) is 29.5 Å². The molecule has 1 fully saturated rings. The topological polar surface area (TPSA) is 85.6 Å². The number of nitrogens with one attached hydrogen (secondary N) is 1. The van der Waals surface area contributed by atoms with Gasteiger partial charge in [0, 0.05) is 20.0 Å². The summed E-state index contributed by atoms with van der Waals surface area (Å²) in [6, 6.07) is 16.4. The highest BCUT2D eigenvalue weighted by Crippen LogP contribution is 2.39. The minimum atomic E-state index is -0.614. The number of aromatic nitrogens is 2. The number of nitrogens with zero attached hydrogens (tertiary/aromatic N) is 3. The second-order valence-electron chi connectivity index (χ2n) is 8.90. The predicted molar refractivity (Wildman–Crippen MR) is 135 cm³/mol. The number of methoxy groups -OCH3 is 1. The van der Waals surface area contributed by atoms with Gasteiger partial charge in [0.05, 0.1) is 30.5 Å². The Hall–Kier alpha value is -3.81. The lowest BCUT2D eigenvalue weighted by atomic mass is 9.92. The molecule has 2 aromatic carbocycles. The largest absolute Gasteiger partial charge is 0.497 e. The van der Waals surface area contributed by atoms with Crippen LogP contribution in [0.5, 0.6) is 5.75 Å². The van der Waals surface area contributed by atoms with E-state index in [2.05, 4.69) is 12.2 Å². The van der Waals surface area contributed by atoms with E-state index in [9.17, 15) is 14.4 Å². The molecule has 184 valence electrons. The molecule has 1 aliphatic heterocycles. The fourth-order valence-electron chi connectivity index (χ4n) is 4.76. The number of hydrogen-bond donors (Lipinski definition) is 1. The van der Waals surface area contributed by atoms with Gasteiger partial charge in [0.1, 0.15) is 11.4 Å². The van der Waals surface area contributed by atoms with E-state index < -0.39 is 12.0 Å². The van der Waals surface area contributed by atoms with Crippen LogP contribution in [0.3, 0.4) is 0 Å². The molecule has 2 heterocycles. The fourth-order valence-corrected chi connectivity index (χ4v) is 4.76. The number of ether oxygens (including phenoxy) is 1. The Morgan fingerprint density at radius 1 is 1.09 bits per heavy atom. The van der Waals surface area contributed by atoms with Crippen LogP contribution in [0, 0.1) is 12.8 Å². The molecular weight excluding hydrogens is 444 g/mol. The number of unbranched alkanes of at least 4 members (excludes halogenated alkanes) is 1. The third-order valence-corrected chi connectivity index (χ3v) is 6.78. The number of anilines is 1. The molecule has 1 N–H and O–H groups in total. The Bertz CT molecular complexity index is 1260. The van der Waals surface area contributed by atoms with Gasteiger partial charge in [-0.3, -0.25) is 19.1 Å². The zero-order valence-corrected chi connectivity index (χ0v) is 20.7. The van der Waals surface area contributed by atoms with Gasteiger partial charge in [-0.25, -0.2) is 4.68 Å². The first-order chi connectivity index (χ1) is 16.9. The zero-order valence-electron chi connectivity index (χ0n) is 20.7.